The SMILES string of the molecule is C[Si](C)(C)O[C@@H]1[C@@H]([C@H](CF)O[Si](C)(C)C)OC(=O)[C@H]1O[Si](C)(C)C. The van der Waals surface area contributed by atoms with E-state index >= 15 is 0 Å². The number of esters is 1. The summed E-state index contributed by atoms with van der Waals surface area (Å²) in [7, 11) is -5.98. The Kier molecular flexibility index (Phi) is 7.02. The van der Waals surface area contributed by atoms with E-state index in [0.717, 1.165) is 0 Å². The fourth-order valence-electron chi connectivity index (χ4n) is 2.54. The molecular formula is C15H33FO5Si3. The van der Waals surface area contributed by atoms with Gasteiger partial charge in [-0.05, 0) is 58.9 Å². The Morgan fingerprint density at radius 1 is 0.958 bits per heavy atom. The van der Waals surface area contributed by atoms with Crippen molar-refractivity contribution in [1.82, 2.24) is 0 Å². The number of cyclic esters (lactones) is 1. The maximum atomic E-state index is 13.7. The fourth-order valence-corrected chi connectivity index (χ4v) is 5.71. The first kappa shape index (κ1) is 22.0. The van der Waals surface area contributed by atoms with Gasteiger partial charge in [0.15, 0.2) is 37.2 Å². The van der Waals surface area contributed by atoms with Gasteiger partial charge in [-0.1, -0.05) is 0 Å². The smallest absolute Gasteiger partial charge is 0.337 e. The summed E-state index contributed by atoms with van der Waals surface area (Å²) in [6, 6.07) is 0. The molecule has 5 nitrogen and oxygen atoms in total. The standard InChI is InChI=1S/C15H33FO5Si3/c1-22(2,3)19-11(10-16)12-13(20-23(4,5)6)14(15(17)18-12)21-24(7,8)9/h11-14H,10H2,1-9H3/t11-,12+,13+,14-/m0/s1. The highest BCUT2D eigenvalue weighted by molar-refractivity contribution is 6.70. The van der Waals surface area contributed by atoms with Crippen LogP contribution in [0.3, 0.4) is 0 Å². The zero-order valence-corrected chi connectivity index (χ0v) is 19.4. The topological polar surface area (TPSA) is 54.0 Å². The van der Waals surface area contributed by atoms with Gasteiger partial charge in [-0.2, -0.15) is 0 Å². The van der Waals surface area contributed by atoms with Gasteiger partial charge in [0.2, 0.25) is 0 Å². The summed E-state index contributed by atoms with van der Waals surface area (Å²) in [6.07, 6.45) is -2.99. The van der Waals surface area contributed by atoms with Gasteiger partial charge >= 0.3 is 5.97 Å². The van der Waals surface area contributed by atoms with Crippen molar-refractivity contribution in [1.29, 1.82) is 0 Å². The molecule has 142 valence electrons. The molecule has 1 aliphatic rings. The number of carbonyl (C=O) groups excluding carboxylic acids is 1. The van der Waals surface area contributed by atoms with Gasteiger partial charge in [-0.3, -0.25) is 0 Å². The normalized spacial score (nSPS) is 27.2. The Morgan fingerprint density at radius 3 is 1.83 bits per heavy atom. The van der Waals surface area contributed by atoms with Crippen molar-refractivity contribution >= 4 is 30.9 Å². The average molecular weight is 397 g/mol. The Hall–Kier alpha value is -0.0694. The van der Waals surface area contributed by atoms with Crippen LogP contribution >= 0.6 is 0 Å². The first-order valence-corrected chi connectivity index (χ1v) is 18.7. The summed E-state index contributed by atoms with van der Waals surface area (Å²) >= 11 is 0. The predicted octanol–water partition coefficient (Wildman–Crippen LogP) is 3.54. The van der Waals surface area contributed by atoms with Crippen molar-refractivity contribution < 1.29 is 27.2 Å². The number of rotatable bonds is 8. The monoisotopic (exact) mass is 396 g/mol. The lowest BCUT2D eigenvalue weighted by Gasteiger charge is -2.35. The lowest BCUT2D eigenvalue weighted by atomic mass is 10.1. The summed E-state index contributed by atoms with van der Waals surface area (Å²) in [5.41, 5.74) is 0. The van der Waals surface area contributed by atoms with E-state index < -0.39 is 62.0 Å². The van der Waals surface area contributed by atoms with E-state index in [1.807, 2.05) is 58.9 Å². The molecule has 0 bridgehead atoms. The molecule has 0 aromatic heterocycles. The van der Waals surface area contributed by atoms with Crippen LogP contribution < -0.4 is 0 Å². The van der Waals surface area contributed by atoms with E-state index in [0.29, 0.717) is 0 Å². The molecule has 1 fully saturated rings. The molecule has 0 N–H and O–H groups in total. The molecule has 0 spiro atoms. The summed E-state index contributed by atoms with van der Waals surface area (Å²) in [5.74, 6) is -0.469. The number of hydrogen-bond donors (Lipinski definition) is 0. The number of hydrogen-bond acceptors (Lipinski definition) is 5. The van der Waals surface area contributed by atoms with Gasteiger partial charge in [0.25, 0.3) is 0 Å². The highest BCUT2D eigenvalue weighted by Gasteiger charge is 2.53. The molecule has 0 unspecified atom stereocenters. The van der Waals surface area contributed by atoms with Gasteiger partial charge in [-0.25, -0.2) is 9.18 Å². The minimum Gasteiger partial charge on any atom is -0.455 e. The van der Waals surface area contributed by atoms with Crippen molar-refractivity contribution in [3.05, 3.63) is 0 Å². The minimum absolute atomic E-state index is 0.469. The Balaban J connectivity index is 3.10. The lowest BCUT2D eigenvalue weighted by Crippen LogP contribution is -2.52. The third-order valence-corrected chi connectivity index (χ3v) is 6.05. The maximum Gasteiger partial charge on any atom is 0.337 e. The summed E-state index contributed by atoms with van der Waals surface area (Å²) in [6.45, 7) is 17.3. The van der Waals surface area contributed by atoms with Crippen molar-refractivity contribution in [2.45, 2.75) is 83.3 Å². The van der Waals surface area contributed by atoms with Crippen LogP contribution in [0.15, 0.2) is 0 Å². The lowest BCUT2D eigenvalue weighted by molar-refractivity contribution is -0.149. The van der Waals surface area contributed by atoms with E-state index in [9.17, 15) is 9.18 Å². The second kappa shape index (κ2) is 7.67. The van der Waals surface area contributed by atoms with Crippen LogP contribution in [0, 0.1) is 0 Å². The summed E-state index contributed by atoms with van der Waals surface area (Å²) in [5, 5.41) is 0. The molecule has 1 aliphatic heterocycles. The molecule has 0 aromatic carbocycles. The number of ether oxygens (including phenoxy) is 1. The molecule has 0 aromatic rings. The van der Waals surface area contributed by atoms with E-state index in [1.165, 1.54) is 0 Å². The number of alkyl halides is 1. The van der Waals surface area contributed by atoms with Crippen molar-refractivity contribution in [3.8, 4) is 0 Å². The summed E-state index contributed by atoms with van der Waals surface area (Å²) < 4.78 is 37.3. The molecule has 1 rings (SSSR count). The van der Waals surface area contributed by atoms with Gasteiger partial charge in [0.1, 0.15) is 18.9 Å². The van der Waals surface area contributed by atoms with Crippen molar-refractivity contribution in [2.24, 2.45) is 0 Å². The van der Waals surface area contributed by atoms with E-state index in [4.69, 9.17) is 18.0 Å². The number of carbonyl (C=O) groups is 1. The highest BCUT2D eigenvalue weighted by Crippen LogP contribution is 2.31. The molecule has 24 heavy (non-hydrogen) atoms. The predicted molar refractivity (Wildman–Crippen MR) is 101 cm³/mol. The van der Waals surface area contributed by atoms with Gasteiger partial charge < -0.3 is 18.0 Å². The number of halogens is 1. The zero-order chi connectivity index (χ0) is 18.9. The molecule has 9 heteroatoms. The van der Waals surface area contributed by atoms with Crippen LogP contribution in [0.2, 0.25) is 58.9 Å². The molecule has 4 atom stereocenters. The van der Waals surface area contributed by atoms with Crippen molar-refractivity contribution in [2.75, 3.05) is 6.67 Å². The second-order valence-electron chi connectivity index (χ2n) is 9.17. The van der Waals surface area contributed by atoms with Crippen LogP contribution in [-0.2, 0) is 22.8 Å². The highest BCUT2D eigenvalue weighted by atomic mass is 28.4. The van der Waals surface area contributed by atoms with E-state index in [2.05, 4.69) is 0 Å². The van der Waals surface area contributed by atoms with Crippen LogP contribution in [0.4, 0.5) is 4.39 Å². The van der Waals surface area contributed by atoms with Crippen LogP contribution in [0.5, 0.6) is 0 Å². The molecular weight excluding hydrogens is 363 g/mol. The first-order valence-electron chi connectivity index (χ1n) is 8.43. The van der Waals surface area contributed by atoms with Crippen LogP contribution in [-0.4, -0.2) is 62.0 Å². The summed E-state index contributed by atoms with van der Waals surface area (Å²) in [4.78, 5) is 12.4. The molecule has 0 aliphatic carbocycles. The maximum absolute atomic E-state index is 13.7. The Morgan fingerprint density at radius 2 is 1.46 bits per heavy atom. The first-order chi connectivity index (χ1) is 10.6. The minimum atomic E-state index is -2.00. The van der Waals surface area contributed by atoms with Crippen LogP contribution in [0.25, 0.3) is 0 Å². The third kappa shape index (κ3) is 7.04. The largest absolute Gasteiger partial charge is 0.455 e. The van der Waals surface area contributed by atoms with Crippen LogP contribution in [0.1, 0.15) is 0 Å². The molecule has 1 saturated heterocycles. The zero-order valence-electron chi connectivity index (χ0n) is 16.4. The van der Waals surface area contributed by atoms with Gasteiger partial charge in [0.05, 0.1) is 0 Å². The molecule has 1 heterocycles. The van der Waals surface area contributed by atoms with Gasteiger partial charge in [-0.15, -0.1) is 0 Å². The van der Waals surface area contributed by atoms with Crippen molar-refractivity contribution in [3.63, 3.8) is 0 Å². The second-order valence-corrected chi connectivity index (χ2v) is 22.6. The molecule has 0 radical (unpaired) electrons. The quantitative estimate of drug-likeness (QED) is 0.464. The average Bonchev–Trinajstić information content (AvgIpc) is 2.60. The third-order valence-electron chi connectivity index (χ3n) is 3.10. The Labute approximate surface area is 148 Å². The molecule has 0 saturated carbocycles. The van der Waals surface area contributed by atoms with E-state index in [-0.39, 0.29) is 0 Å². The molecule has 0 amide bonds. The van der Waals surface area contributed by atoms with E-state index in [1.54, 1.807) is 0 Å². The fraction of sp³-hybridized carbons (Fsp3) is 0.933. The van der Waals surface area contributed by atoms with Gasteiger partial charge in [0, 0.05) is 0 Å². The Bertz CT molecular complexity index is 442.